The Kier molecular flexibility index (Phi) is 7.79. The molecule has 0 aliphatic rings. The molecule has 1 rings (SSSR count). The quantitative estimate of drug-likeness (QED) is 0.708. The average Bonchev–Trinajstić information content (AvgIpc) is 2.37. The molecular formula is C14H21ClFNO2. The predicted molar refractivity (Wildman–Crippen MR) is 75.5 cm³/mol. The summed E-state index contributed by atoms with van der Waals surface area (Å²) in [6, 6.07) is 4.13. The molecular weight excluding hydrogens is 269 g/mol. The zero-order chi connectivity index (χ0) is 14.1. The molecule has 0 aliphatic heterocycles. The normalized spacial score (nSPS) is 12.4. The molecule has 108 valence electrons. The number of halogens is 2. The maximum Gasteiger partial charge on any atom is 0.138 e. The van der Waals surface area contributed by atoms with Crippen molar-refractivity contribution in [3.8, 4) is 5.75 Å². The molecule has 1 unspecified atom stereocenters. The zero-order valence-electron chi connectivity index (χ0n) is 11.4. The van der Waals surface area contributed by atoms with Crippen molar-refractivity contribution in [2.75, 3.05) is 26.3 Å². The summed E-state index contributed by atoms with van der Waals surface area (Å²) < 4.78 is 23.7. The van der Waals surface area contributed by atoms with Gasteiger partial charge in [0, 0.05) is 19.8 Å². The summed E-state index contributed by atoms with van der Waals surface area (Å²) in [6.07, 6.45) is 0.938. The molecule has 19 heavy (non-hydrogen) atoms. The van der Waals surface area contributed by atoms with Crippen LogP contribution in [0.3, 0.4) is 0 Å². The molecule has 1 aromatic carbocycles. The van der Waals surface area contributed by atoms with E-state index in [-0.39, 0.29) is 11.9 Å². The highest BCUT2D eigenvalue weighted by Crippen LogP contribution is 2.25. The lowest BCUT2D eigenvalue weighted by Crippen LogP contribution is -2.30. The second-order valence-corrected chi connectivity index (χ2v) is 4.67. The van der Waals surface area contributed by atoms with Crippen LogP contribution >= 0.6 is 11.6 Å². The van der Waals surface area contributed by atoms with E-state index in [4.69, 9.17) is 21.1 Å². The molecule has 5 heteroatoms. The van der Waals surface area contributed by atoms with Crippen LogP contribution in [0.5, 0.6) is 5.75 Å². The third kappa shape index (κ3) is 6.76. The first kappa shape index (κ1) is 16.2. The van der Waals surface area contributed by atoms with Crippen molar-refractivity contribution in [3.63, 3.8) is 0 Å². The van der Waals surface area contributed by atoms with Crippen LogP contribution in [-0.4, -0.2) is 32.4 Å². The molecule has 1 aromatic rings. The lowest BCUT2D eigenvalue weighted by Gasteiger charge is -2.16. The highest BCUT2D eigenvalue weighted by molar-refractivity contribution is 6.32. The minimum atomic E-state index is -0.362. The molecule has 0 bridgehead atoms. The maximum absolute atomic E-state index is 12.9. The third-order valence-corrected chi connectivity index (χ3v) is 2.80. The molecule has 1 N–H and O–H groups in total. The molecule has 0 heterocycles. The van der Waals surface area contributed by atoms with E-state index in [0.29, 0.717) is 17.3 Å². The summed E-state index contributed by atoms with van der Waals surface area (Å²) in [5.74, 6) is 0.144. The van der Waals surface area contributed by atoms with E-state index in [1.54, 1.807) is 6.07 Å². The smallest absolute Gasteiger partial charge is 0.138 e. The number of rotatable bonds is 9. The first-order valence-electron chi connectivity index (χ1n) is 6.53. The van der Waals surface area contributed by atoms with E-state index in [0.717, 1.165) is 26.2 Å². The van der Waals surface area contributed by atoms with Crippen LogP contribution in [-0.2, 0) is 4.74 Å². The first-order chi connectivity index (χ1) is 9.13. The van der Waals surface area contributed by atoms with E-state index in [2.05, 4.69) is 5.32 Å². The van der Waals surface area contributed by atoms with Gasteiger partial charge in [-0.3, -0.25) is 0 Å². The summed E-state index contributed by atoms with van der Waals surface area (Å²) in [7, 11) is 0. The van der Waals surface area contributed by atoms with Crippen LogP contribution < -0.4 is 10.1 Å². The number of ether oxygens (including phenoxy) is 2. The highest BCUT2D eigenvalue weighted by atomic mass is 35.5. The Morgan fingerprint density at radius 2 is 2.21 bits per heavy atom. The summed E-state index contributed by atoms with van der Waals surface area (Å²) in [4.78, 5) is 0. The van der Waals surface area contributed by atoms with Crippen molar-refractivity contribution in [1.29, 1.82) is 0 Å². The van der Waals surface area contributed by atoms with Crippen molar-refractivity contribution < 1.29 is 13.9 Å². The number of hydrogen-bond acceptors (Lipinski definition) is 3. The van der Waals surface area contributed by atoms with Crippen molar-refractivity contribution in [2.45, 2.75) is 26.4 Å². The molecule has 0 spiro atoms. The molecule has 1 atom stereocenters. The first-order valence-corrected chi connectivity index (χ1v) is 6.91. The SMILES string of the molecule is CCOCCCNCC(C)Oc1ccc(F)cc1Cl. The minimum Gasteiger partial charge on any atom is -0.488 e. The predicted octanol–water partition coefficient (Wildman–Crippen LogP) is 3.26. The fraction of sp³-hybridized carbons (Fsp3) is 0.571. The van der Waals surface area contributed by atoms with Crippen molar-refractivity contribution >= 4 is 11.6 Å². The van der Waals surface area contributed by atoms with Crippen molar-refractivity contribution in [2.24, 2.45) is 0 Å². The van der Waals surface area contributed by atoms with Gasteiger partial charge >= 0.3 is 0 Å². The Hall–Kier alpha value is -0.840. The Morgan fingerprint density at radius 1 is 1.42 bits per heavy atom. The Balaban J connectivity index is 2.21. The lowest BCUT2D eigenvalue weighted by molar-refractivity contribution is 0.143. The van der Waals surface area contributed by atoms with Gasteiger partial charge in [0.05, 0.1) is 5.02 Å². The van der Waals surface area contributed by atoms with Gasteiger partial charge in [0.25, 0.3) is 0 Å². The van der Waals surface area contributed by atoms with Gasteiger partial charge < -0.3 is 14.8 Å². The molecule has 0 saturated carbocycles. The van der Waals surface area contributed by atoms with Crippen LogP contribution in [0.25, 0.3) is 0 Å². The Bertz CT molecular complexity index is 376. The van der Waals surface area contributed by atoms with Crippen LogP contribution in [0.2, 0.25) is 5.02 Å². The van der Waals surface area contributed by atoms with E-state index in [9.17, 15) is 4.39 Å². The number of nitrogens with one attached hydrogen (secondary N) is 1. The molecule has 3 nitrogen and oxygen atoms in total. The number of benzene rings is 1. The number of hydrogen-bond donors (Lipinski definition) is 1. The summed E-state index contributed by atoms with van der Waals surface area (Å²) >= 11 is 5.89. The molecule has 0 fully saturated rings. The molecule has 0 saturated heterocycles. The van der Waals surface area contributed by atoms with Gasteiger partial charge in [-0.25, -0.2) is 4.39 Å². The van der Waals surface area contributed by atoms with Crippen molar-refractivity contribution in [1.82, 2.24) is 5.32 Å². The molecule has 0 aliphatic carbocycles. The standard InChI is InChI=1S/C14H21ClFNO2/c1-3-18-8-4-7-17-10-11(2)19-14-6-5-12(16)9-13(14)15/h5-6,9,11,17H,3-4,7-8,10H2,1-2H3. The third-order valence-electron chi connectivity index (χ3n) is 2.50. The van der Waals surface area contributed by atoms with Gasteiger partial charge in [-0.2, -0.15) is 0 Å². The monoisotopic (exact) mass is 289 g/mol. The van der Waals surface area contributed by atoms with Gasteiger partial charge in [0.1, 0.15) is 17.7 Å². The van der Waals surface area contributed by atoms with Gasteiger partial charge in [-0.05, 0) is 45.0 Å². The topological polar surface area (TPSA) is 30.5 Å². The zero-order valence-corrected chi connectivity index (χ0v) is 12.2. The second-order valence-electron chi connectivity index (χ2n) is 4.26. The van der Waals surface area contributed by atoms with Gasteiger partial charge in [-0.15, -0.1) is 0 Å². The van der Waals surface area contributed by atoms with Gasteiger partial charge in [-0.1, -0.05) is 11.6 Å². The highest BCUT2D eigenvalue weighted by Gasteiger charge is 2.07. The average molecular weight is 290 g/mol. The van der Waals surface area contributed by atoms with E-state index < -0.39 is 0 Å². The maximum atomic E-state index is 12.9. The minimum absolute atomic E-state index is 0.0324. The largest absolute Gasteiger partial charge is 0.488 e. The summed E-state index contributed by atoms with van der Waals surface area (Å²) in [5.41, 5.74) is 0. The summed E-state index contributed by atoms with van der Waals surface area (Å²) in [6.45, 7) is 7.03. The molecule has 0 amide bonds. The van der Waals surface area contributed by atoms with Crippen molar-refractivity contribution in [3.05, 3.63) is 29.0 Å². The van der Waals surface area contributed by atoms with Gasteiger partial charge in [0.2, 0.25) is 0 Å². The van der Waals surface area contributed by atoms with E-state index in [1.165, 1.54) is 12.1 Å². The van der Waals surface area contributed by atoms with Crippen LogP contribution in [0.4, 0.5) is 4.39 Å². The Morgan fingerprint density at radius 3 is 2.89 bits per heavy atom. The second kappa shape index (κ2) is 9.13. The van der Waals surface area contributed by atoms with Crippen LogP contribution in [0, 0.1) is 5.82 Å². The Labute approximate surface area is 119 Å². The fourth-order valence-corrected chi connectivity index (χ4v) is 1.79. The fourth-order valence-electron chi connectivity index (χ4n) is 1.58. The van der Waals surface area contributed by atoms with E-state index >= 15 is 0 Å². The van der Waals surface area contributed by atoms with Crippen LogP contribution in [0.1, 0.15) is 20.3 Å². The lowest BCUT2D eigenvalue weighted by atomic mass is 10.3. The molecule has 0 aromatic heterocycles. The van der Waals surface area contributed by atoms with E-state index in [1.807, 2.05) is 13.8 Å². The van der Waals surface area contributed by atoms with Crippen LogP contribution in [0.15, 0.2) is 18.2 Å². The summed E-state index contributed by atoms with van der Waals surface area (Å²) in [5, 5.41) is 3.57. The van der Waals surface area contributed by atoms with Gasteiger partial charge in [0.15, 0.2) is 0 Å². The molecule has 0 radical (unpaired) electrons.